The van der Waals surface area contributed by atoms with Crippen molar-refractivity contribution in [3.63, 3.8) is 0 Å². The number of rotatable bonds is 12. The molecule has 13 heteroatoms. The molecule has 0 bridgehead atoms. The molecular weight excluding hydrogens is 725 g/mol. The predicted octanol–water partition coefficient (Wildman–Crippen LogP) is 7.69. The number of aromatic nitrogens is 1. The molecule has 1 aromatic heterocycles. The van der Waals surface area contributed by atoms with E-state index in [4.69, 9.17) is 9.47 Å². The minimum atomic E-state index is -4.65. The minimum absolute atomic E-state index is 0.0614. The molecule has 0 radical (unpaired) electrons. The number of aliphatic hydroxyl groups excluding tert-OH is 1. The Labute approximate surface area is 324 Å². The molecule has 2 fully saturated rings. The molecule has 2 atom stereocenters. The molecule has 3 N–H and O–H groups in total. The Morgan fingerprint density at radius 2 is 1.59 bits per heavy atom. The molecular formula is C43H47F3N4O6. The summed E-state index contributed by atoms with van der Waals surface area (Å²) in [5.74, 6) is -0.526. The van der Waals surface area contributed by atoms with E-state index >= 15 is 0 Å². The Kier molecular flexibility index (Phi) is 11.9. The fourth-order valence-electron chi connectivity index (χ4n) is 7.59. The lowest BCUT2D eigenvalue weighted by molar-refractivity contribution is -0.147. The van der Waals surface area contributed by atoms with E-state index in [-0.39, 0.29) is 36.2 Å². The second kappa shape index (κ2) is 16.5. The highest BCUT2D eigenvalue weighted by atomic mass is 19.4. The van der Waals surface area contributed by atoms with Gasteiger partial charge in [0.05, 0.1) is 31.3 Å². The third-order valence-corrected chi connectivity index (χ3v) is 10.9. The summed E-state index contributed by atoms with van der Waals surface area (Å²) in [6.07, 6.45) is 0.818. The average Bonchev–Trinajstić information content (AvgIpc) is 3.76. The summed E-state index contributed by atoms with van der Waals surface area (Å²) < 4.78 is 54.6. The number of pyridine rings is 1. The van der Waals surface area contributed by atoms with Crippen molar-refractivity contribution in [2.24, 2.45) is 5.41 Å². The van der Waals surface area contributed by atoms with Crippen molar-refractivity contribution in [1.82, 2.24) is 14.8 Å². The normalized spacial score (nSPS) is 19.1. The summed E-state index contributed by atoms with van der Waals surface area (Å²) >= 11 is 0. The van der Waals surface area contributed by atoms with Gasteiger partial charge in [-0.3, -0.25) is 24.4 Å². The van der Waals surface area contributed by atoms with Crippen molar-refractivity contribution in [2.75, 3.05) is 45.7 Å². The summed E-state index contributed by atoms with van der Waals surface area (Å²) in [4.78, 5) is 33.5. The smallest absolute Gasteiger partial charge is 0.417 e. The van der Waals surface area contributed by atoms with Crippen LogP contribution >= 0.6 is 0 Å². The molecule has 1 unspecified atom stereocenters. The lowest BCUT2D eigenvalue weighted by atomic mass is 9.90. The fourth-order valence-corrected chi connectivity index (χ4v) is 7.59. The molecule has 3 heterocycles. The summed E-state index contributed by atoms with van der Waals surface area (Å²) in [5.41, 5.74) is 4.09. The molecule has 56 heavy (non-hydrogen) atoms. The van der Waals surface area contributed by atoms with Crippen LogP contribution in [0, 0.1) is 19.3 Å². The van der Waals surface area contributed by atoms with Crippen molar-refractivity contribution in [3.8, 4) is 22.6 Å². The number of halogens is 3. The summed E-state index contributed by atoms with van der Waals surface area (Å²) in [7, 11) is 2.95. The van der Waals surface area contributed by atoms with Crippen molar-refractivity contribution < 1.29 is 42.4 Å². The Balaban J connectivity index is 1.23. The topological polar surface area (TPSA) is 124 Å². The number of likely N-dealkylation sites (tertiary alicyclic amines) is 2. The SMILES string of the molecule is COc1cc(C(=O)Nc2cccc(-c3cccc(/C=C/c4cc(OC)c(CN5CCC(C)(C(=O)O)C5)cc4C(F)(F)F)c3C)c2C)ncc1CN1CC[C@@H](O)C1. The number of amides is 1. The molecule has 3 aromatic carbocycles. The van der Waals surface area contributed by atoms with Crippen LogP contribution < -0.4 is 14.8 Å². The summed E-state index contributed by atoms with van der Waals surface area (Å²) in [6.45, 7) is 8.12. The molecule has 2 aliphatic heterocycles. The largest absolute Gasteiger partial charge is 0.496 e. The van der Waals surface area contributed by atoms with Crippen molar-refractivity contribution in [1.29, 1.82) is 0 Å². The standard InChI is InChI=1S/C43H47F3N4O6/c1-26-28(12-13-29-19-38(55-4)30(18-35(29)43(44,45)46)22-50-17-15-42(3,25-50)41(53)54)8-6-9-33(26)34-10-7-11-36(27(34)2)48-40(52)37-20-39(56-5)31(21-47-37)23-49-16-14-32(51)24-49/h6-13,18-21,32,51H,14-17,22-25H2,1-5H3,(H,48,52)(H,53,54)/b13-12+/t32-,42?/m1/s1. The van der Waals surface area contributed by atoms with E-state index in [0.29, 0.717) is 55.0 Å². The van der Waals surface area contributed by atoms with Gasteiger partial charge >= 0.3 is 12.1 Å². The zero-order valence-corrected chi connectivity index (χ0v) is 32.2. The predicted molar refractivity (Wildman–Crippen MR) is 209 cm³/mol. The van der Waals surface area contributed by atoms with E-state index in [2.05, 4.69) is 15.2 Å². The van der Waals surface area contributed by atoms with Gasteiger partial charge in [0.15, 0.2) is 0 Å². The van der Waals surface area contributed by atoms with Gasteiger partial charge in [-0.15, -0.1) is 0 Å². The van der Waals surface area contributed by atoms with Crippen LogP contribution in [0.1, 0.15) is 69.2 Å². The molecule has 4 aromatic rings. The van der Waals surface area contributed by atoms with Gasteiger partial charge in [0.1, 0.15) is 17.2 Å². The van der Waals surface area contributed by atoms with Crippen LogP contribution in [0.4, 0.5) is 18.9 Å². The van der Waals surface area contributed by atoms with Gasteiger partial charge in [0.25, 0.3) is 5.91 Å². The molecule has 0 saturated carbocycles. The number of benzene rings is 3. The maximum absolute atomic E-state index is 14.5. The number of carboxylic acid groups (broad SMARTS) is 1. The van der Waals surface area contributed by atoms with Gasteiger partial charge in [-0.05, 0) is 91.7 Å². The molecule has 6 rings (SSSR count). The highest BCUT2D eigenvalue weighted by molar-refractivity contribution is 6.04. The van der Waals surface area contributed by atoms with Gasteiger partial charge < -0.3 is 25.0 Å². The number of β-amino-alcohol motifs (C(OH)–C–C–N with tert-alkyl or cyclic N) is 1. The first-order valence-electron chi connectivity index (χ1n) is 18.5. The lowest BCUT2D eigenvalue weighted by Crippen LogP contribution is -2.31. The highest BCUT2D eigenvalue weighted by Crippen LogP contribution is 2.39. The Hall–Kier alpha value is -5.24. The number of ether oxygens (including phenoxy) is 2. The highest BCUT2D eigenvalue weighted by Gasteiger charge is 2.41. The number of aliphatic hydroxyl groups is 1. The van der Waals surface area contributed by atoms with E-state index in [0.717, 1.165) is 40.4 Å². The van der Waals surface area contributed by atoms with Crippen LogP contribution in [0.2, 0.25) is 0 Å². The number of carbonyl (C=O) groups excluding carboxylic acids is 1. The number of carboxylic acids is 1. The molecule has 2 saturated heterocycles. The van der Waals surface area contributed by atoms with E-state index in [1.165, 1.54) is 26.4 Å². The van der Waals surface area contributed by atoms with E-state index in [1.807, 2.05) is 49.1 Å². The van der Waals surface area contributed by atoms with E-state index in [9.17, 15) is 33.0 Å². The maximum atomic E-state index is 14.5. The lowest BCUT2D eigenvalue weighted by Gasteiger charge is -2.22. The van der Waals surface area contributed by atoms with Crippen LogP contribution in [0.3, 0.4) is 0 Å². The summed E-state index contributed by atoms with van der Waals surface area (Å²) in [5, 5.41) is 22.5. The van der Waals surface area contributed by atoms with Gasteiger partial charge in [-0.25, -0.2) is 0 Å². The van der Waals surface area contributed by atoms with Crippen LogP contribution in [-0.2, 0) is 24.1 Å². The first-order valence-corrected chi connectivity index (χ1v) is 18.5. The second-order valence-electron chi connectivity index (χ2n) is 14.9. The Morgan fingerprint density at radius 3 is 2.23 bits per heavy atom. The van der Waals surface area contributed by atoms with Crippen LogP contribution in [0.5, 0.6) is 11.5 Å². The van der Waals surface area contributed by atoms with Crippen LogP contribution in [-0.4, -0.2) is 83.4 Å². The first kappa shape index (κ1) is 40.4. The van der Waals surface area contributed by atoms with Crippen molar-refractivity contribution >= 4 is 29.7 Å². The third-order valence-electron chi connectivity index (χ3n) is 10.9. The molecule has 0 spiro atoms. The zero-order chi connectivity index (χ0) is 40.4. The molecule has 10 nitrogen and oxygen atoms in total. The number of hydrogen-bond donors (Lipinski definition) is 3. The van der Waals surface area contributed by atoms with Crippen LogP contribution in [0.25, 0.3) is 23.3 Å². The Morgan fingerprint density at radius 1 is 0.929 bits per heavy atom. The quantitative estimate of drug-likeness (QED) is 0.124. The molecule has 296 valence electrons. The molecule has 0 aliphatic carbocycles. The zero-order valence-electron chi connectivity index (χ0n) is 32.2. The van der Waals surface area contributed by atoms with Gasteiger partial charge in [0.2, 0.25) is 0 Å². The van der Waals surface area contributed by atoms with Crippen molar-refractivity contribution in [3.05, 3.63) is 105 Å². The molecule has 1 amide bonds. The minimum Gasteiger partial charge on any atom is -0.496 e. The van der Waals surface area contributed by atoms with Gasteiger partial charge in [0, 0.05) is 61.8 Å². The summed E-state index contributed by atoms with van der Waals surface area (Å²) in [6, 6.07) is 15.2. The number of alkyl halides is 3. The number of anilines is 1. The van der Waals surface area contributed by atoms with Gasteiger partial charge in [-0.2, -0.15) is 13.2 Å². The first-order chi connectivity index (χ1) is 26.6. The van der Waals surface area contributed by atoms with Crippen LogP contribution in [0.15, 0.2) is 60.8 Å². The van der Waals surface area contributed by atoms with Crippen molar-refractivity contribution in [2.45, 2.75) is 59.0 Å². The van der Waals surface area contributed by atoms with E-state index in [1.54, 1.807) is 31.3 Å². The number of nitrogens with one attached hydrogen (secondary N) is 1. The van der Waals surface area contributed by atoms with E-state index < -0.39 is 29.0 Å². The fraction of sp³-hybridized carbons (Fsp3) is 0.372. The number of hydrogen-bond acceptors (Lipinski definition) is 8. The monoisotopic (exact) mass is 772 g/mol. The number of methoxy groups -OCH3 is 2. The molecule has 2 aliphatic rings. The number of aliphatic carboxylic acids is 1. The Bertz CT molecular complexity index is 2150. The average molecular weight is 773 g/mol. The number of carbonyl (C=O) groups is 2. The van der Waals surface area contributed by atoms with Gasteiger partial charge in [-0.1, -0.05) is 42.5 Å². The number of nitrogens with zero attached hydrogens (tertiary/aromatic N) is 3. The second-order valence-corrected chi connectivity index (χ2v) is 14.9. The maximum Gasteiger partial charge on any atom is 0.417 e. The third kappa shape index (κ3) is 8.75.